The van der Waals surface area contributed by atoms with Crippen LogP contribution in [0.1, 0.15) is 43.0 Å². The van der Waals surface area contributed by atoms with Crippen molar-refractivity contribution in [1.29, 1.82) is 0 Å². The van der Waals surface area contributed by atoms with Crippen LogP contribution in [0.15, 0.2) is 42.9 Å². The minimum absolute atomic E-state index is 0.0227. The number of aliphatic hydroxyl groups excluding tert-OH is 1. The van der Waals surface area contributed by atoms with Gasteiger partial charge >= 0.3 is 10.3 Å². The Balaban J connectivity index is 1.38. The first kappa shape index (κ1) is 21.3. The molecule has 0 unspecified atom stereocenters. The van der Waals surface area contributed by atoms with Gasteiger partial charge in [0.05, 0.1) is 24.1 Å². The fourth-order valence-electron chi connectivity index (χ4n) is 5.21. The van der Waals surface area contributed by atoms with Crippen LogP contribution in [0, 0.1) is 11.8 Å². The van der Waals surface area contributed by atoms with Crippen LogP contribution >= 0.6 is 0 Å². The van der Waals surface area contributed by atoms with Gasteiger partial charge in [0.15, 0.2) is 0 Å². The van der Waals surface area contributed by atoms with Gasteiger partial charge in [-0.25, -0.2) is 15.1 Å². The highest BCUT2D eigenvalue weighted by atomic mass is 32.2. The first-order chi connectivity index (χ1) is 15.3. The van der Waals surface area contributed by atoms with Crippen LogP contribution in [0.3, 0.4) is 0 Å². The number of nitrogens with two attached hydrogens (primary N) is 1. The molecular weight excluding hydrogens is 430 g/mol. The van der Waals surface area contributed by atoms with Gasteiger partial charge in [0, 0.05) is 18.2 Å². The summed E-state index contributed by atoms with van der Waals surface area (Å²) in [6, 6.07) is 10.6. The van der Waals surface area contributed by atoms with E-state index in [4.69, 9.17) is 9.32 Å². The summed E-state index contributed by atoms with van der Waals surface area (Å²) in [5.74, 6) is 0.921. The molecule has 2 aliphatic rings. The van der Waals surface area contributed by atoms with Gasteiger partial charge in [-0.2, -0.15) is 8.42 Å². The van der Waals surface area contributed by atoms with Crippen molar-refractivity contribution in [3.63, 3.8) is 0 Å². The van der Waals surface area contributed by atoms with E-state index in [9.17, 15) is 13.5 Å². The molecule has 0 bridgehead atoms. The Morgan fingerprint density at radius 2 is 2.06 bits per heavy atom. The van der Waals surface area contributed by atoms with Crippen molar-refractivity contribution in [3.05, 3.63) is 54.0 Å². The van der Waals surface area contributed by atoms with Crippen LogP contribution in [0.2, 0.25) is 0 Å². The molecule has 1 saturated carbocycles. The lowest BCUT2D eigenvalue weighted by molar-refractivity contribution is 0.100. The predicted octanol–water partition coefficient (Wildman–Crippen LogP) is 2.31. The molecule has 5 atom stereocenters. The summed E-state index contributed by atoms with van der Waals surface area (Å²) in [7, 11) is -4.03. The monoisotopic (exact) mass is 457 g/mol. The molecule has 0 aliphatic heterocycles. The Labute approximate surface area is 186 Å². The van der Waals surface area contributed by atoms with Gasteiger partial charge in [0.2, 0.25) is 0 Å². The van der Waals surface area contributed by atoms with Crippen LogP contribution in [0.4, 0.5) is 5.82 Å². The zero-order valence-corrected chi connectivity index (χ0v) is 18.6. The lowest BCUT2D eigenvalue weighted by Crippen LogP contribution is -2.24. The van der Waals surface area contributed by atoms with Crippen LogP contribution in [-0.2, 0) is 20.9 Å². The number of benzene rings is 1. The van der Waals surface area contributed by atoms with Crippen LogP contribution < -0.4 is 10.5 Å². The van der Waals surface area contributed by atoms with Gasteiger partial charge in [-0.3, -0.25) is 4.18 Å². The summed E-state index contributed by atoms with van der Waals surface area (Å²) < 4.78 is 29.0. The van der Waals surface area contributed by atoms with Crippen LogP contribution in [-0.4, -0.2) is 40.8 Å². The lowest BCUT2D eigenvalue weighted by atomic mass is 10.0. The fourth-order valence-corrected chi connectivity index (χ4v) is 5.57. The quantitative estimate of drug-likeness (QED) is 0.517. The van der Waals surface area contributed by atoms with Gasteiger partial charge in [-0.05, 0) is 42.4 Å². The average Bonchev–Trinajstić information content (AvgIpc) is 3.42. The van der Waals surface area contributed by atoms with Crippen molar-refractivity contribution in [2.24, 2.45) is 17.0 Å². The highest BCUT2D eigenvalue weighted by Gasteiger charge is 2.36. The Morgan fingerprint density at radius 3 is 2.88 bits per heavy atom. The fraction of sp³-hybridized carbons (Fsp3) is 0.455. The Kier molecular flexibility index (Phi) is 5.40. The molecule has 5 rings (SSSR count). The number of rotatable bonds is 6. The molecule has 1 aromatic carbocycles. The maximum absolute atomic E-state index is 11.1. The molecule has 0 radical (unpaired) electrons. The third kappa shape index (κ3) is 3.99. The molecule has 0 amide bonds. The van der Waals surface area contributed by atoms with Gasteiger partial charge in [-0.15, -0.1) is 0 Å². The van der Waals surface area contributed by atoms with Gasteiger partial charge < -0.3 is 15.0 Å². The standard InChI is InChI=1S/C22H27N5O4S/c1-13-8-14-4-2-3-5-17(14)20(13)26-21-18-6-7-27(22(18)25-12-24-21)16-9-15(19(28)10-16)11-31-32(23,29)30/h2-7,12-13,15-16,19-20,28H,8-11H2,1H3,(H2,23,29,30)(H,24,25,26)/t13-,15+,16-,19+,20-/m0/s1. The van der Waals surface area contributed by atoms with Crippen molar-refractivity contribution >= 4 is 27.2 Å². The number of aromatic nitrogens is 3. The van der Waals surface area contributed by atoms with Crippen LogP contribution in [0.25, 0.3) is 11.0 Å². The largest absolute Gasteiger partial charge is 0.393 e. The smallest absolute Gasteiger partial charge is 0.333 e. The summed E-state index contributed by atoms with van der Waals surface area (Å²) in [6.07, 6.45) is 4.93. The number of hydrogen-bond donors (Lipinski definition) is 3. The van der Waals surface area contributed by atoms with Crippen molar-refractivity contribution in [1.82, 2.24) is 14.5 Å². The number of hydrogen-bond acceptors (Lipinski definition) is 7. The second-order valence-corrected chi connectivity index (χ2v) is 10.1. The summed E-state index contributed by atoms with van der Waals surface area (Å²) in [4.78, 5) is 9.02. The van der Waals surface area contributed by atoms with Crippen LogP contribution in [0.5, 0.6) is 0 Å². The molecule has 2 aliphatic carbocycles. The van der Waals surface area contributed by atoms with E-state index in [0.717, 1.165) is 23.3 Å². The zero-order chi connectivity index (χ0) is 22.5. The van der Waals surface area contributed by atoms with E-state index in [-0.39, 0.29) is 24.6 Å². The van der Waals surface area contributed by atoms with Crippen molar-refractivity contribution in [3.8, 4) is 0 Å². The molecule has 1 fully saturated rings. The Morgan fingerprint density at radius 1 is 1.25 bits per heavy atom. The van der Waals surface area contributed by atoms with E-state index < -0.39 is 16.4 Å². The van der Waals surface area contributed by atoms with E-state index in [1.165, 1.54) is 11.1 Å². The van der Waals surface area contributed by atoms with Crippen molar-refractivity contribution in [2.75, 3.05) is 11.9 Å². The average molecular weight is 458 g/mol. The SMILES string of the molecule is C[C@H]1Cc2ccccc2[C@H]1Nc1ncnc2c1ccn2[C@H]1C[C@H](COS(N)(=O)=O)[C@H](O)C1. The minimum Gasteiger partial charge on any atom is -0.393 e. The Bertz CT molecular complexity index is 1240. The summed E-state index contributed by atoms with van der Waals surface area (Å²) >= 11 is 0. The molecule has 4 N–H and O–H groups in total. The first-order valence-electron chi connectivity index (χ1n) is 10.8. The molecule has 32 heavy (non-hydrogen) atoms. The molecule has 2 heterocycles. The third-order valence-electron chi connectivity index (χ3n) is 6.77. The number of anilines is 1. The number of nitrogens with one attached hydrogen (secondary N) is 1. The van der Waals surface area contributed by atoms with E-state index in [2.05, 4.69) is 46.5 Å². The van der Waals surface area contributed by atoms with E-state index in [1.54, 1.807) is 6.33 Å². The highest BCUT2D eigenvalue weighted by molar-refractivity contribution is 7.84. The molecule has 10 heteroatoms. The van der Waals surface area contributed by atoms with Crippen molar-refractivity contribution in [2.45, 2.75) is 44.4 Å². The molecule has 9 nitrogen and oxygen atoms in total. The molecular formula is C22H27N5O4S. The normalized spacial score (nSPS) is 27.7. The van der Waals surface area contributed by atoms with E-state index in [1.807, 2.05) is 16.8 Å². The molecule has 3 aromatic rings. The van der Waals surface area contributed by atoms with Gasteiger partial charge in [0.1, 0.15) is 17.8 Å². The number of nitrogens with zero attached hydrogens (tertiary/aromatic N) is 3. The van der Waals surface area contributed by atoms with E-state index in [0.29, 0.717) is 18.8 Å². The minimum atomic E-state index is -4.03. The summed E-state index contributed by atoms with van der Waals surface area (Å²) in [5.41, 5.74) is 3.46. The van der Waals surface area contributed by atoms with Gasteiger partial charge in [0.25, 0.3) is 0 Å². The van der Waals surface area contributed by atoms with Crippen molar-refractivity contribution < 1.29 is 17.7 Å². The maximum Gasteiger partial charge on any atom is 0.333 e. The predicted molar refractivity (Wildman–Crippen MR) is 120 cm³/mol. The topological polar surface area (TPSA) is 132 Å². The van der Waals surface area contributed by atoms with Gasteiger partial charge in [-0.1, -0.05) is 31.2 Å². The highest BCUT2D eigenvalue weighted by Crippen LogP contribution is 2.40. The first-order valence-corrected chi connectivity index (χ1v) is 12.3. The Hall–Kier alpha value is -2.53. The lowest BCUT2D eigenvalue weighted by Gasteiger charge is -2.20. The second kappa shape index (κ2) is 8.11. The number of fused-ring (bicyclic) bond motifs is 2. The third-order valence-corrected chi connectivity index (χ3v) is 7.24. The molecule has 2 aromatic heterocycles. The molecule has 0 spiro atoms. The number of aliphatic hydroxyl groups is 1. The zero-order valence-electron chi connectivity index (χ0n) is 17.8. The molecule has 0 saturated heterocycles. The summed E-state index contributed by atoms with van der Waals surface area (Å²) in [5, 5.41) is 19.9. The second-order valence-electron chi connectivity index (χ2n) is 8.91. The maximum atomic E-state index is 11.1. The summed E-state index contributed by atoms with van der Waals surface area (Å²) in [6.45, 7) is 2.11. The van der Waals surface area contributed by atoms with E-state index >= 15 is 0 Å². The molecule has 170 valence electrons.